The summed E-state index contributed by atoms with van der Waals surface area (Å²) in [4.78, 5) is 14.5. The van der Waals surface area contributed by atoms with Crippen LogP contribution in [0, 0.1) is 0 Å². The first kappa shape index (κ1) is 11.3. The summed E-state index contributed by atoms with van der Waals surface area (Å²) < 4.78 is 10.7. The van der Waals surface area contributed by atoms with Crippen LogP contribution < -0.4 is 5.32 Å². The van der Waals surface area contributed by atoms with E-state index in [4.69, 9.17) is 14.6 Å². The predicted molar refractivity (Wildman–Crippen MR) is 58.1 cm³/mol. The van der Waals surface area contributed by atoms with Crippen LogP contribution in [0.3, 0.4) is 0 Å². The molecule has 0 bridgehead atoms. The predicted octanol–water partition coefficient (Wildman–Crippen LogP) is 0.669. The molecule has 1 fully saturated rings. The normalized spacial score (nSPS) is 20.6. The first-order valence-corrected chi connectivity index (χ1v) is 5.75. The van der Waals surface area contributed by atoms with Gasteiger partial charge in [-0.05, 0) is 0 Å². The molecule has 0 aliphatic carbocycles. The molecule has 2 N–H and O–H groups in total. The number of aromatic nitrogens is 1. The molecule has 88 valence electrons. The second-order valence-electron chi connectivity index (χ2n) is 3.28. The van der Waals surface area contributed by atoms with Gasteiger partial charge in [-0.2, -0.15) is 0 Å². The molecule has 1 aliphatic heterocycles. The Kier molecular flexibility index (Phi) is 3.70. The van der Waals surface area contributed by atoms with Crippen LogP contribution >= 0.6 is 11.3 Å². The van der Waals surface area contributed by atoms with Gasteiger partial charge < -0.3 is 19.9 Å². The highest BCUT2D eigenvalue weighted by atomic mass is 32.1. The maximum Gasteiger partial charge on any atom is 0.357 e. The van der Waals surface area contributed by atoms with E-state index in [1.54, 1.807) is 0 Å². The van der Waals surface area contributed by atoms with E-state index >= 15 is 0 Å². The lowest BCUT2D eigenvalue weighted by Gasteiger charge is -2.23. The zero-order valence-corrected chi connectivity index (χ0v) is 9.33. The van der Waals surface area contributed by atoms with Gasteiger partial charge in [0.25, 0.3) is 0 Å². The smallest absolute Gasteiger partial charge is 0.357 e. The number of hydrogen-bond donors (Lipinski definition) is 2. The van der Waals surface area contributed by atoms with E-state index in [0.717, 1.165) is 0 Å². The molecule has 0 saturated carbocycles. The Morgan fingerprint density at radius 1 is 1.69 bits per heavy atom. The molecular formula is C9H12N2O4S. The molecule has 2 rings (SSSR count). The van der Waals surface area contributed by atoms with E-state index in [1.807, 2.05) is 0 Å². The van der Waals surface area contributed by atoms with Crippen molar-refractivity contribution in [2.45, 2.75) is 6.10 Å². The van der Waals surface area contributed by atoms with Crippen molar-refractivity contribution in [1.29, 1.82) is 0 Å². The second kappa shape index (κ2) is 5.24. The van der Waals surface area contributed by atoms with Crippen molar-refractivity contribution in [1.82, 2.24) is 4.98 Å². The Morgan fingerprint density at radius 2 is 2.56 bits per heavy atom. The van der Waals surface area contributed by atoms with Crippen molar-refractivity contribution >= 4 is 22.3 Å². The first-order valence-electron chi connectivity index (χ1n) is 4.87. The van der Waals surface area contributed by atoms with Crippen LogP contribution in [0.15, 0.2) is 5.51 Å². The summed E-state index contributed by atoms with van der Waals surface area (Å²) in [6, 6.07) is 0. The fraction of sp³-hybridized carbons (Fsp3) is 0.556. The van der Waals surface area contributed by atoms with Gasteiger partial charge in [0.2, 0.25) is 0 Å². The number of thiazole rings is 1. The molecule has 1 unspecified atom stereocenters. The molecule has 1 saturated heterocycles. The van der Waals surface area contributed by atoms with Gasteiger partial charge in [-0.15, -0.1) is 11.3 Å². The van der Waals surface area contributed by atoms with Gasteiger partial charge in [0, 0.05) is 6.54 Å². The Morgan fingerprint density at radius 3 is 3.25 bits per heavy atom. The lowest BCUT2D eigenvalue weighted by molar-refractivity contribution is -0.0818. The quantitative estimate of drug-likeness (QED) is 0.810. The van der Waals surface area contributed by atoms with E-state index in [2.05, 4.69) is 10.3 Å². The first-order chi connectivity index (χ1) is 7.77. The third-order valence-electron chi connectivity index (χ3n) is 2.15. The monoisotopic (exact) mass is 244 g/mol. The van der Waals surface area contributed by atoms with E-state index in [-0.39, 0.29) is 11.8 Å². The molecule has 2 heterocycles. The molecule has 1 aromatic rings. The molecular weight excluding hydrogens is 232 g/mol. The SMILES string of the molecule is O=C(O)c1ncsc1NCC1COCCO1. The highest BCUT2D eigenvalue weighted by Gasteiger charge is 2.17. The molecule has 6 nitrogen and oxygen atoms in total. The molecule has 1 atom stereocenters. The fourth-order valence-electron chi connectivity index (χ4n) is 1.38. The largest absolute Gasteiger partial charge is 0.476 e. The summed E-state index contributed by atoms with van der Waals surface area (Å²) in [6.07, 6.45) is -0.0301. The Bertz CT molecular complexity index is 362. The molecule has 1 aromatic heterocycles. The van der Waals surface area contributed by atoms with Crippen LogP contribution in [0.5, 0.6) is 0 Å². The number of nitrogens with one attached hydrogen (secondary N) is 1. The number of hydrogen-bond acceptors (Lipinski definition) is 6. The minimum Gasteiger partial charge on any atom is -0.476 e. The average molecular weight is 244 g/mol. The summed E-state index contributed by atoms with van der Waals surface area (Å²) in [7, 11) is 0. The number of carboxylic acid groups (broad SMARTS) is 1. The van der Waals surface area contributed by atoms with Crippen molar-refractivity contribution in [3.8, 4) is 0 Å². The van der Waals surface area contributed by atoms with Gasteiger partial charge in [-0.1, -0.05) is 0 Å². The zero-order chi connectivity index (χ0) is 11.4. The highest BCUT2D eigenvalue weighted by molar-refractivity contribution is 7.14. The molecule has 7 heteroatoms. The standard InChI is InChI=1S/C9H12N2O4S/c12-9(13)7-8(16-5-11-7)10-3-6-4-14-1-2-15-6/h5-6,10H,1-4H2,(H,12,13). The van der Waals surface area contributed by atoms with Crippen LogP contribution in [0.4, 0.5) is 5.00 Å². The Labute approximate surface area is 96.2 Å². The third kappa shape index (κ3) is 2.69. The lowest BCUT2D eigenvalue weighted by atomic mass is 10.3. The van der Waals surface area contributed by atoms with Gasteiger partial charge in [-0.3, -0.25) is 0 Å². The second-order valence-corrected chi connectivity index (χ2v) is 4.14. The van der Waals surface area contributed by atoms with E-state index in [0.29, 0.717) is 31.4 Å². The van der Waals surface area contributed by atoms with Crippen molar-refractivity contribution < 1.29 is 19.4 Å². The number of carboxylic acids is 1. The third-order valence-corrected chi connectivity index (χ3v) is 2.93. The molecule has 0 radical (unpaired) electrons. The Balaban J connectivity index is 1.88. The van der Waals surface area contributed by atoms with Crippen LogP contribution in [0.2, 0.25) is 0 Å². The number of nitrogens with zero attached hydrogens (tertiary/aromatic N) is 1. The van der Waals surface area contributed by atoms with Gasteiger partial charge >= 0.3 is 5.97 Å². The molecule has 0 spiro atoms. The number of anilines is 1. The average Bonchev–Trinajstić information content (AvgIpc) is 2.76. The minimum atomic E-state index is -1.02. The van der Waals surface area contributed by atoms with Gasteiger partial charge in [0.15, 0.2) is 5.69 Å². The Hall–Kier alpha value is -1.18. The van der Waals surface area contributed by atoms with Crippen LogP contribution in [-0.4, -0.2) is 48.5 Å². The van der Waals surface area contributed by atoms with Crippen molar-refractivity contribution in [3.63, 3.8) is 0 Å². The number of carbonyl (C=O) groups is 1. The fourth-order valence-corrected chi connectivity index (χ4v) is 2.07. The van der Waals surface area contributed by atoms with Gasteiger partial charge in [-0.25, -0.2) is 9.78 Å². The van der Waals surface area contributed by atoms with Crippen LogP contribution in [0.1, 0.15) is 10.5 Å². The van der Waals surface area contributed by atoms with Crippen molar-refractivity contribution in [3.05, 3.63) is 11.2 Å². The maximum absolute atomic E-state index is 10.8. The van der Waals surface area contributed by atoms with E-state index in [1.165, 1.54) is 16.8 Å². The van der Waals surface area contributed by atoms with Crippen LogP contribution in [0.25, 0.3) is 0 Å². The van der Waals surface area contributed by atoms with Crippen LogP contribution in [-0.2, 0) is 9.47 Å². The summed E-state index contributed by atoms with van der Waals surface area (Å²) in [5.74, 6) is -1.02. The molecule has 16 heavy (non-hydrogen) atoms. The van der Waals surface area contributed by atoms with Gasteiger partial charge in [0.05, 0.1) is 31.4 Å². The summed E-state index contributed by atoms with van der Waals surface area (Å²) in [6.45, 7) is 2.27. The number of ether oxygens (including phenoxy) is 2. The number of aromatic carboxylic acids is 1. The van der Waals surface area contributed by atoms with Crippen molar-refractivity contribution in [2.75, 3.05) is 31.7 Å². The summed E-state index contributed by atoms with van der Waals surface area (Å²) in [5.41, 5.74) is 1.56. The highest BCUT2D eigenvalue weighted by Crippen LogP contribution is 2.20. The van der Waals surface area contributed by atoms with Gasteiger partial charge in [0.1, 0.15) is 5.00 Å². The molecule has 0 amide bonds. The van der Waals surface area contributed by atoms with Crippen molar-refractivity contribution in [2.24, 2.45) is 0 Å². The molecule has 1 aliphatic rings. The topological polar surface area (TPSA) is 80.7 Å². The summed E-state index contributed by atoms with van der Waals surface area (Å²) in [5, 5.41) is 12.4. The van der Waals surface area contributed by atoms with E-state index in [9.17, 15) is 4.79 Å². The van der Waals surface area contributed by atoms with E-state index < -0.39 is 5.97 Å². The minimum absolute atomic E-state index is 0.0301. The number of rotatable bonds is 4. The lowest BCUT2D eigenvalue weighted by Crippen LogP contribution is -2.34. The zero-order valence-electron chi connectivity index (χ0n) is 8.51. The maximum atomic E-state index is 10.8. The molecule has 0 aromatic carbocycles. The summed E-state index contributed by atoms with van der Waals surface area (Å²) >= 11 is 1.27.